The van der Waals surface area contributed by atoms with Crippen LogP contribution in [0.25, 0.3) is 22.2 Å². The minimum absolute atomic E-state index is 0.0959. The number of hydrogen-bond donors (Lipinski definition) is 2. The van der Waals surface area contributed by atoms with Crippen molar-refractivity contribution in [2.24, 2.45) is 0 Å². The van der Waals surface area contributed by atoms with Gasteiger partial charge in [-0.1, -0.05) is 25.1 Å². The third-order valence-electron chi connectivity index (χ3n) is 4.08. The van der Waals surface area contributed by atoms with Crippen molar-refractivity contribution in [1.29, 1.82) is 0 Å². The number of nitrogens with zero attached hydrogens (tertiary/aromatic N) is 1. The number of fused-ring (bicyclic) bond motifs is 1. The highest BCUT2D eigenvalue weighted by Gasteiger charge is 2.14. The zero-order chi connectivity index (χ0) is 19.2. The Kier molecular flexibility index (Phi) is 5.76. The average Bonchev–Trinajstić information content (AvgIpc) is 2.70. The van der Waals surface area contributed by atoms with E-state index < -0.39 is 0 Å². The number of carbonyl (C=O) groups excluding carboxylic acids is 2. The van der Waals surface area contributed by atoms with Gasteiger partial charge in [0.25, 0.3) is 5.91 Å². The first-order valence-electron chi connectivity index (χ1n) is 8.79. The molecule has 0 unspecified atom stereocenters. The predicted molar refractivity (Wildman–Crippen MR) is 103 cm³/mol. The quantitative estimate of drug-likeness (QED) is 0.704. The molecule has 0 saturated heterocycles. The summed E-state index contributed by atoms with van der Waals surface area (Å²) >= 11 is 0. The molecule has 5 nitrogen and oxygen atoms in total. The van der Waals surface area contributed by atoms with Crippen LogP contribution in [0.15, 0.2) is 54.6 Å². The van der Waals surface area contributed by atoms with Gasteiger partial charge in [0.2, 0.25) is 5.91 Å². The molecule has 1 aromatic heterocycles. The number of amides is 2. The average molecular weight is 365 g/mol. The van der Waals surface area contributed by atoms with Crippen molar-refractivity contribution < 1.29 is 14.0 Å². The molecule has 2 amide bonds. The first-order chi connectivity index (χ1) is 13.1. The second-order valence-corrected chi connectivity index (χ2v) is 6.11. The van der Waals surface area contributed by atoms with Crippen LogP contribution in [0.2, 0.25) is 0 Å². The van der Waals surface area contributed by atoms with Crippen molar-refractivity contribution >= 4 is 22.7 Å². The summed E-state index contributed by atoms with van der Waals surface area (Å²) in [6.07, 6.45) is 0.829. The summed E-state index contributed by atoms with van der Waals surface area (Å²) in [4.78, 5) is 29.0. The van der Waals surface area contributed by atoms with Crippen LogP contribution in [-0.2, 0) is 4.79 Å². The highest BCUT2D eigenvalue weighted by Crippen LogP contribution is 2.25. The third kappa shape index (κ3) is 4.47. The van der Waals surface area contributed by atoms with Crippen LogP contribution in [0.3, 0.4) is 0 Å². The molecule has 0 spiro atoms. The topological polar surface area (TPSA) is 71.1 Å². The molecule has 3 aromatic rings. The van der Waals surface area contributed by atoms with Gasteiger partial charge in [0, 0.05) is 17.5 Å². The van der Waals surface area contributed by atoms with Crippen LogP contribution in [0, 0.1) is 5.82 Å². The summed E-state index contributed by atoms with van der Waals surface area (Å²) in [5, 5.41) is 6.06. The number of carbonyl (C=O) groups is 2. The fourth-order valence-corrected chi connectivity index (χ4v) is 2.71. The second-order valence-electron chi connectivity index (χ2n) is 6.11. The lowest BCUT2D eigenvalue weighted by atomic mass is 10.0. The molecule has 0 aliphatic carbocycles. The zero-order valence-corrected chi connectivity index (χ0v) is 15.0. The van der Waals surface area contributed by atoms with Gasteiger partial charge in [0.15, 0.2) is 0 Å². The van der Waals surface area contributed by atoms with Gasteiger partial charge >= 0.3 is 0 Å². The standard InChI is InChI=1S/C21H20FN3O2/c1-2-11-23-20(26)13-24-21(27)17-12-19(14-7-9-15(22)10-8-14)25-18-6-4-3-5-16(17)18/h3-10,12H,2,11,13H2,1H3,(H,23,26)(H,24,27). The van der Waals surface area contributed by atoms with E-state index in [1.165, 1.54) is 12.1 Å². The lowest BCUT2D eigenvalue weighted by Crippen LogP contribution is -2.37. The lowest BCUT2D eigenvalue weighted by molar-refractivity contribution is -0.120. The second kappa shape index (κ2) is 8.40. The van der Waals surface area contributed by atoms with Crippen molar-refractivity contribution in [3.8, 4) is 11.3 Å². The number of nitrogens with one attached hydrogen (secondary N) is 2. The van der Waals surface area contributed by atoms with Crippen molar-refractivity contribution in [2.75, 3.05) is 13.1 Å². The summed E-state index contributed by atoms with van der Waals surface area (Å²) in [6, 6.07) is 14.9. The Hall–Kier alpha value is -3.28. The number of pyridine rings is 1. The molecule has 138 valence electrons. The van der Waals surface area contributed by atoms with E-state index in [0.29, 0.717) is 34.3 Å². The van der Waals surface area contributed by atoms with Crippen molar-refractivity contribution in [2.45, 2.75) is 13.3 Å². The van der Waals surface area contributed by atoms with Gasteiger partial charge in [-0.2, -0.15) is 0 Å². The van der Waals surface area contributed by atoms with E-state index in [9.17, 15) is 14.0 Å². The van der Waals surface area contributed by atoms with Gasteiger partial charge in [-0.15, -0.1) is 0 Å². The van der Waals surface area contributed by atoms with Crippen LogP contribution in [0.5, 0.6) is 0 Å². The maximum Gasteiger partial charge on any atom is 0.252 e. The molecule has 0 aliphatic heterocycles. The fourth-order valence-electron chi connectivity index (χ4n) is 2.71. The number of para-hydroxylation sites is 1. The molecular formula is C21H20FN3O2. The number of rotatable bonds is 6. The molecule has 27 heavy (non-hydrogen) atoms. The van der Waals surface area contributed by atoms with Crippen molar-refractivity contribution in [1.82, 2.24) is 15.6 Å². The van der Waals surface area contributed by atoms with Crippen molar-refractivity contribution in [3.63, 3.8) is 0 Å². The Morgan fingerprint density at radius 2 is 1.78 bits per heavy atom. The van der Waals surface area contributed by atoms with Crippen LogP contribution in [0.1, 0.15) is 23.7 Å². The van der Waals surface area contributed by atoms with Crippen LogP contribution in [0.4, 0.5) is 4.39 Å². The van der Waals surface area contributed by atoms with Gasteiger partial charge in [-0.05, 0) is 42.8 Å². The van der Waals surface area contributed by atoms with Gasteiger partial charge < -0.3 is 10.6 Å². The molecule has 0 aliphatic rings. The molecule has 0 saturated carbocycles. The molecule has 1 heterocycles. The van der Waals surface area contributed by atoms with Crippen molar-refractivity contribution in [3.05, 3.63) is 66.0 Å². The number of benzene rings is 2. The van der Waals surface area contributed by atoms with Gasteiger partial charge in [-0.25, -0.2) is 9.37 Å². The molecule has 0 fully saturated rings. The van der Waals surface area contributed by atoms with E-state index >= 15 is 0 Å². The molecule has 2 aromatic carbocycles. The molecule has 3 rings (SSSR count). The molecule has 0 atom stereocenters. The SMILES string of the molecule is CCCNC(=O)CNC(=O)c1cc(-c2ccc(F)cc2)nc2ccccc12. The van der Waals surface area contributed by atoms with E-state index in [2.05, 4.69) is 15.6 Å². The monoisotopic (exact) mass is 365 g/mol. The zero-order valence-electron chi connectivity index (χ0n) is 15.0. The predicted octanol–water partition coefficient (Wildman–Crippen LogP) is 3.30. The van der Waals surface area contributed by atoms with Gasteiger partial charge in [0.1, 0.15) is 5.82 Å². The minimum Gasteiger partial charge on any atom is -0.355 e. The smallest absolute Gasteiger partial charge is 0.252 e. The highest BCUT2D eigenvalue weighted by molar-refractivity contribution is 6.08. The third-order valence-corrected chi connectivity index (χ3v) is 4.08. The fraction of sp³-hybridized carbons (Fsp3) is 0.190. The highest BCUT2D eigenvalue weighted by atomic mass is 19.1. The van der Waals surface area contributed by atoms with E-state index in [1.807, 2.05) is 31.2 Å². The molecule has 6 heteroatoms. The normalized spacial score (nSPS) is 10.6. The van der Waals surface area contributed by atoms with Gasteiger partial charge in [-0.3, -0.25) is 9.59 Å². The summed E-state index contributed by atoms with van der Waals surface area (Å²) in [5.41, 5.74) is 2.34. The summed E-state index contributed by atoms with van der Waals surface area (Å²) in [5.74, 6) is -0.929. The first-order valence-corrected chi connectivity index (χ1v) is 8.79. The summed E-state index contributed by atoms with van der Waals surface area (Å²) in [7, 11) is 0. The van der Waals surface area contributed by atoms with E-state index in [1.54, 1.807) is 18.2 Å². The number of aromatic nitrogens is 1. The van der Waals surface area contributed by atoms with Crippen LogP contribution in [-0.4, -0.2) is 29.9 Å². The Labute approximate surface area is 156 Å². The Morgan fingerprint density at radius 1 is 1.04 bits per heavy atom. The largest absolute Gasteiger partial charge is 0.355 e. The van der Waals surface area contributed by atoms with E-state index in [-0.39, 0.29) is 24.2 Å². The Balaban J connectivity index is 1.92. The maximum absolute atomic E-state index is 13.2. The Morgan fingerprint density at radius 3 is 2.52 bits per heavy atom. The first kappa shape index (κ1) is 18.5. The number of halogens is 1. The maximum atomic E-state index is 13.2. The molecule has 0 bridgehead atoms. The van der Waals surface area contributed by atoms with Gasteiger partial charge in [0.05, 0.1) is 23.3 Å². The molecule has 0 radical (unpaired) electrons. The van der Waals surface area contributed by atoms with Crippen LogP contribution >= 0.6 is 0 Å². The Bertz CT molecular complexity index is 971. The molecule has 2 N–H and O–H groups in total. The summed E-state index contributed by atoms with van der Waals surface area (Å²) in [6.45, 7) is 2.43. The summed E-state index contributed by atoms with van der Waals surface area (Å²) < 4.78 is 13.2. The van der Waals surface area contributed by atoms with E-state index in [4.69, 9.17) is 0 Å². The minimum atomic E-state index is -0.358. The van der Waals surface area contributed by atoms with E-state index in [0.717, 1.165) is 6.42 Å². The lowest BCUT2D eigenvalue weighted by Gasteiger charge is -2.11. The number of hydrogen-bond acceptors (Lipinski definition) is 3. The van der Waals surface area contributed by atoms with Crippen LogP contribution < -0.4 is 10.6 Å². The molecular weight excluding hydrogens is 345 g/mol.